The first kappa shape index (κ1) is 11.6. The highest BCUT2D eigenvalue weighted by Crippen LogP contribution is 2.39. The van der Waals surface area contributed by atoms with Crippen LogP contribution in [0, 0.1) is 5.92 Å². The quantitative estimate of drug-likeness (QED) is 0.552. The summed E-state index contributed by atoms with van der Waals surface area (Å²) in [6, 6.07) is 0.0427. The van der Waals surface area contributed by atoms with Gasteiger partial charge in [0.25, 0.3) is 0 Å². The maximum Gasteiger partial charge on any atom is 0.0811 e. The lowest BCUT2D eigenvalue weighted by molar-refractivity contribution is 0.0185. The van der Waals surface area contributed by atoms with E-state index in [1.807, 2.05) is 26.4 Å². The number of rotatable bonds is 6. The van der Waals surface area contributed by atoms with E-state index in [1.165, 1.54) is 12.8 Å². The zero-order valence-electron chi connectivity index (χ0n) is 9.89. The van der Waals surface area contributed by atoms with Crippen LogP contribution in [-0.4, -0.2) is 22.5 Å². The Morgan fingerprint density at radius 1 is 1.69 bits per heavy atom. The fourth-order valence-electron chi connectivity index (χ4n) is 2.10. The van der Waals surface area contributed by atoms with Crippen molar-refractivity contribution in [2.45, 2.75) is 31.9 Å². The Bertz CT molecular complexity index is 334. The zero-order chi connectivity index (χ0) is 11.5. The van der Waals surface area contributed by atoms with Gasteiger partial charge in [-0.15, -0.1) is 0 Å². The van der Waals surface area contributed by atoms with Crippen molar-refractivity contribution >= 4 is 0 Å². The van der Waals surface area contributed by atoms with E-state index in [-0.39, 0.29) is 12.1 Å². The van der Waals surface area contributed by atoms with E-state index in [0.29, 0.717) is 5.92 Å². The molecule has 3 N–H and O–H groups in total. The Morgan fingerprint density at radius 3 is 2.88 bits per heavy atom. The van der Waals surface area contributed by atoms with Crippen molar-refractivity contribution in [1.82, 2.24) is 15.2 Å². The van der Waals surface area contributed by atoms with E-state index in [9.17, 15) is 0 Å². The summed E-state index contributed by atoms with van der Waals surface area (Å²) in [5.74, 6) is 6.28. The molecule has 1 aromatic heterocycles. The van der Waals surface area contributed by atoms with Gasteiger partial charge in [0.05, 0.1) is 18.3 Å². The van der Waals surface area contributed by atoms with Gasteiger partial charge in [0.15, 0.2) is 0 Å². The van der Waals surface area contributed by atoms with Gasteiger partial charge in [0.2, 0.25) is 0 Å². The molecule has 90 valence electrons. The number of ether oxygens (including phenoxy) is 1. The minimum Gasteiger partial charge on any atom is -0.376 e. The molecule has 2 atom stereocenters. The molecule has 1 aromatic rings. The highest BCUT2D eigenvalue weighted by Gasteiger charge is 2.38. The normalized spacial score (nSPS) is 19.7. The summed E-state index contributed by atoms with van der Waals surface area (Å²) in [4.78, 5) is 0. The Hall–Kier alpha value is -0.910. The number of hydrogen-bond donors (Lipinski definition) is 2. The standard InChI is InChI=1S/C11H20N4O/c1-3-16-11(8-4-5-8)10(14-12)9-6-13-15(2)7-9/h6-8,10-11,14H,3-5,12H2,1-2H3. The fourth-order valence-corrected chi connectivity index (χ4v) is 2.10. The highest BCUT2D eigenvalue weighted by atomic mass is 16.5. The van der Waals surface area contributed by atoms with Crippen molar-refractivity contribution in [3.05, 3.63) is 18.0 Å². The molecule has 0 saturated heterocycles. The van der Waals surface area contributed by atoms with Gasteiger partial charge in [0.1, 0.15) is 0 Å². The predicted molar refractivity (Wildman–Crippen MR) is 61.4 cm³/mol. The number of nitrogens with two attached hydrogens (primary N) is 1. The molecule has 0 bridgehead atoms. The molecule has 1 heterocycles. The van der Waals surface area contributed by atoms with Gasteiger partial charge < -0.3 is 4.74 Å². The first-order valence-electron chi connectivity index (χ1n) is 5.82. The van der Waals surface area contributed by atoms with Gasteiger partial charge in [-0.25, -0.2) is 0 Å². The molecule has 0 amide bonds. The third-order valence-electron chi connectivity index (χ3n) is 3.04. The Labute approximate surface area is 95.9 Å². The summed E-state index contributed by atoms with van der Waals surface area (Å²) >= 11 is 0. The van der Waals surface area contributed by atoms with Crippen molar-refractivity contribution < 1.29 is 4.74 Å². The highest BCUT2D eigenvalue weighted by molar-refractivity contribution is 5.13. The number of hydrazine groups is 1. The van der Waals surface area contributed by atoms with Crippen LogP contribution in [0.3, 0.4) is 0 Å². The summed E-state index contributed by atoms with van der Waals surface area (Å²) < 4.78 is 7.59. The first-order chi connectivity index (χ1) is 7.76. The van der Waals surface area contributed by atoms with Crippen molar-refractivity contribution in [3.8, 4) is 0 Å². The zero-order valence-corrected chi connectivity index (χ0v) is 9.89. The fraction of sp³-hybridized carbons (Fsp3) is 0.727. The molecule has 5 nitrogen and oxygen atoms in total. The second-order valence-electron chi connectivity index (χ2n) is 4.35. The minimum absolute atomic E-state index is 0.0427. The number of nitrogens with one attached hydrogen (secondary N) is 1. The molecular formula is C11H20N4O. The van der Waals surface area contributed by atoms with Gasteiger partial charge in [-0.05, 0) is 25.7 Å². The van der Waals surface area contributed by atoms with Crippen molar-refractivity contribution in [2.24, 2.45) is 18.8 Å². The smallest absolute Gasteiger partial charge is 0.0811 e. The lowest BCUT2D eigenvalue weighted by Crippen LogP contribution is -2.39. The molecule has 0 radical (unpaired) electrons. The Balaban J connectivity index is 2.12. The van der Waals surface area contributed by atoms with Crippen molar-refractivity contribution in [3.63, 3.8) is 0 Å². The molecule has 0 spiro atoms. The third kappa shape index (κ3) is 2.42. The van der Waals surface area contributed by atoms with E-state index in [0.717, 1.165) is 12.2 Å². The van der Waals surface area contributed by atoms with E-state index in [4.69, 9.17) is 10.6 Å². The third-order valence-corrected chi connectivity index (χ3v) is 3.04. The van der Waals surface area contributed by atoms with Crippen molar-refractivity contribution in [2.75, 3.05) is 6.61 Å². The first-order valence-corrected chi connectivity index (χ1v) is 5.82. The molecule has 5 heteroatoms. The average Bonchev–Trinajstić information content (AvgIpc) is 3.02. The van der Waals surface area contributed by atoms with Crippen LogP contribution in [0.25, 0.3) is 0 Å². The molecule has 16 heavy (non-hydrogen) atoms. The number of aromatic nitrogens is 2. The number of aryl methyl sites for hydroxylation is 1. The molecule has 2 unspecified atom stereocenters. The van der Waals surface area contributed by atoms with Crippen LogP contribution in [0.4, 0.5) is 0 Å². The molecular weight excluding hydrogens is 204 g/mol. The second-order valence-corrected chi connectivity index (χ2v) is 4.35. The van der Waals surface area contributed by atoms with Crippen LogP contribution in [0.15, 0.2) is 12.4 Å². The SMILES string of the molecule is CCOC(C1CC1)C(NN)c1cnn(C)c1. The molecule has 0 aliphatic heterocycles. The maximum atomic E-state index is 5.80. The van der Waals surface area contributed by atoms with Gasteiger partial charge in [0, 0.05) is 25.4 Å². The van der Waals surface area contributed by atoms with Crippen molar-refractivity contribution in [1.29, 1.82) is 0 Å². The van der Waals surface area contributed by atoms with Crippen LogP contribution < -0.4 is 11.3 Å². The van der Waals surface area contributed by atoms with Crippen LogP contribution in [0.5, 0.6) is 0 Å². The van der Waals surface area contributed by atoms with Crippen LogP contribution in [0.1, 0.15) is 31.4 Å². The van der Waals surface area contributed by atoms with Crippen LogP contribution in [0.2, 0.25) is 0 Å². The molecule has 1 saturated carbocycles. The number of nitrogens with zero attached hydrogens (tertiary/aromatic N) is 2. The Morgan fingerprint density at radius 2 is 2.44 bits per heavy atom. The monoisotopic (exact) mass is 224 g/mol. The summed E-state index contributed by atoms with van der Waals surface area (Å²) in [5, 5.41) is 4.17. The lowest BCUT2D eigenvalue weighted by atomic mass is 10.0. The summed E-state index contributed by atoms with van der Waals surface area (Å²) in [6.07, 6.45) is 6.48. The van der Waals surface area contributed by atoms with E-state index in [1.54, 1.807) is 4.68 Å². The molecule has 1 fully saturated rings. The predicted octanol–water partition coefficient (Wildman–Crippen LogP) is 0.740. The van der Waals surface area contributed by atoms with E-state index >= 15 is 0 Å². The molecule has 1 aliphatic rings. The van der Waals surface area contributed by atoms with Gasteiger partial charge in [-0.3, -0.25) is 16.0 Å². The molecule has 1 aliphatic carbocycles. The average molecular weight is 224 g/mol. The molecule has 2 rings (SSSR count). The van der Waals surface area contributed by atoms with Crippen LogP contribution >= 0.6 is 0 Å². The van der Waals surface area contributed by atoms with E-state index < -0.39 is 0 Å². The maximum absolute atomic E-state index is 5.80. The topological polar surface area (TPSA) is 65.1 Å². The molecule has 0 aromatic carbocycles. The lowest BCUT2D eigenvalue weighted by Gasteiger charge is -2.25. The van der Waals surface area contributed by atoms with Gasteiger partial charge in [-0.1, -0.05) is 0 Å². The number of hydrogen-bond acceptors (Lipinski definition) is 4. The van der Waals surface area contributed by atoms with Gasteiger partial charge >= 0.3 is 0 Å². The summed E-state index contributed by atoms with van der Waals surface area (Å²) in [5.41, 5.74) is 3.95. The van der Waals surface area contributed by atoms with E-state index in [2.05, 4.69) is 10.5 Å². The summed E-state index contributed by atoms with van der Waals surface area (Å²) in [7, 11) is 1.91. The second kappa shape index (κ2) is 4.95. The summed E-state index contributed by atoms with van der Waals surface area (Å²) in [6.45, 7) is 2.74. The largest absolute Gasteiger partial charge is 0.376 e. The van der Waals surface area contributed by atoms with Gasteiger partial charge in [-0.2, -0.15) is 5.10 Å². The van der Waals surface area contributed by atoms with Crippen LogP contribution in [-0.2, 0) is 11.8 Å². The Kier molecular flexibility index (Phi) is 3.58. The minimum atomic E-state index is 0.0427.